The molecule has 0 aromatic rings. The molecule has 2 aliphatic rings. The minimum Gasteiger partial charge on any atom is -0.468 e. The van der Waals surface area contributed by atoms with Crippen LogP contribution in [0.25, 0.3) is 0 Å². The summed E-state index contributed by atoms with van der Waals surface area (Å²) in [6, 6.07) is 0. The molecule has 0 fully saturated rings. The van der Waals surface area contributed by atoms with Crippen LogP contribution in [0.1, 0.15) is 6.42 Å². The van der Waals surface area contributed by atoms with Crippen molar-refractivity contribution in [3.63, 3.8) is 0 Å². The fourth-order valence-electron chi connectivity index (χ4n) is 1.83. The molecule has 104 valence electrons. The highest BCUT2D eigenvalue weighted by Crippen LogP contribution is 2.26. The molecule has 6 nitrogen and oxygen atoms in total. The first-order valence-corrected chi connectivity index (χ1v) is 5.91. The highest BCUT2D eigenvalue weighted by molar-refractivity contribution is 5.98. The van der Waals surface area contributed by atoms with E-state index in [1.54, 1.807) is 17.3 Å². The summed E-state index contributed by atoms with van der Waals surface area (Å²) in [5.74, 6) is -0.142. The Hall–Kier alpha value is -2.63. The van der Waals surface area contributed by atoms with Gasteiger partial charge in [-0.05, 0) is 12.2 Å². The van der Waals surface area contributed by atoms with Crippen molar-refractivity contribution in [1.29, 1.82) is 0 Å². The third kappa shape index (κ3) is 3.03. The van der Waals surface area contributed by atoms with E-state index in [0.29, 0.717) is 23.2 Å². The van der Waals surface area contributed by atoms with Crippen LogP contribution >= 0.6 is 0 Å². The Morgan fingerprint density at radius 2 is 2.30 bits per heavy atom. The van der Waals surface area contributed by atoms with Gasteiger partial charge in [0.15, 0.2) is 5.78 Å². The molecular weight excluding hydrogens is 262 g/mol. The molecule has 0 aromatic carbocycles. The van der Waals surface area contributed by atoms with Gasteiger partial charge < -0.3 is 14.4 Å². The fraction of sp³-hybridized carbons (Fsp3) is 0.214. The van der Waals surface area contributed by atoms with Gasteiger partial charge in [-0.1, -0.05) is 0 Å². The number of ether oxygens (including phenoxy) is 2. The monoisotopic (exact) mass is 275 g/mol. The molecule has 20 heavy (non-hydrogen) atoms. The first-order chi connectivity index (χ1) is 9.63. The maximum absolute atomic E-state index is 11.5. The summed E-state index contributed by atoms with van der Waals surface area (Å²) in [7, 11) is 1.30. The number of carbonyl (C=O) groups excluding carboxylic acids is 3. The van der Waals surface area contributed by atoms with Crippen molar-refractivity contribution < 1.29 is 23.9 Å². The lowest BCUT2D eigenvalue weighted by Crippen LogP contribution is -2.24. The number of esters is 1. The summed E-state index contributed by atoms with van der Waals surface area (Å²) in [6.07, 6.45) is 8.09. The molecular formula is C14H13NO5. The summed E-state index contributed by atoms with van der Waals surface area (Å²) >= 11 is 0. The number of hydrogen-bond acceptors (Lipinski definition) is 6. The van der Waals surface area contributed by atoms with Gasteiger partial charge in [0, 0.05) is 30.0 Å². The molecule has 0 N–H and O–H groups in total. The van der Waals surface area contributed by atoms with Crippen molar-refractivity contribution >= 4 is 18.0 Å². The lowest BCUT2D eigenvalue weighted by Gasteiger charge is -2.22. The fourth-order valence-corrected chi connectivity index (χ4v) is 1.83. The topological polar surface area (TPSA) is 72.9 Å². The molecule has 0 unspecified atom stereocenters. The van der Waals surface area contributed by atoms with E-state index >= 15 is 0 Å². The van der Waals surface area contributed by atoms with Crippen LogP contribution < -0.4 is 0 Å². The Balaban J connectivity index is 2.25. The molecule has 2 rings (SSSR count). The molecule has 0 saturated carbocycles. The number of methoxy groups -OCH3 is 1. The van der Waals surface area contributed by atoms with Gasteiger partial charge in [-0.3, -0.25) is 14.4 Å². The molecule has 1 aliphatic heterocycles. The van der Waals surface area contributed by atoms with Gasteiger partial charge in [0.1, 0.15) is 24.9 Å². The summed E-state index contributed by atoms with van der Waals surface area (Å²) in [4.78, 5) is 35.3. The molecule has 0 radical (unpaired) electrons. The third-order valence-electron chi connectivity index (χ3n) is 2.84. The highest BCUT2D eigenvalue weighted by Gasteiger charge is 2.21. The molecule has 1 heterocycles. The number of carbonyl (C=O) groups is 3. The number of ketones is 1. The largest absolute Gasteiger partial charge is 0.468 e. The first-order valence-electron chi connectivity index (χ1n) is 5.91. The van der Waals surface area contributed by atoms with Crippen LogP contribution in [0, 0.1) is 0 Å². The standard InChI is InChI=1S/C14H13NO5/c1-19-14(18)8-15-4-5-20-13(7-15)12-6-11(17)3-2-10(12)9-16/h2-5,7,9H,6,8H2,1H3. The maximum atomic E-state index is 11.5. The Kier molecular flexibility index (Phi) is 4.14. The van der Waals surface area contributed by atoms with Crippen molar-refractivity contribution in [3.8, 4) is 0 Å². The van der Waals surface area contributed by atoms with Gasteiger partial charge in [0.2, 0.25) is 0 Å². The average molecular weight is 275 g/mol. The van der Waals surface area contributed by atoms with Crippen molar-refractivity contribution in [2.75, 3.05) is 13.7 Å². The molecule has 0 bridgehead atoms. The van der Waals surface area contributed by atoms with Crippen LogP contribution in [-0.4, -0.2) is 36.6 Å². The number of allylic oxidation sites excluding steroid dienone is 4. The van der Waals surface area contributed by atoms with Gasteiger partial charge in [-0.25, -0.2) is 0 Å². The quantitative estimate of drug-likeness (QED) is 0.559. The van der Waals surface area contributed by atoms with Crippen LogP contribution in [0.3, 0.4) is 0 Å². The number of rotatable bonds is 4. The second-order valence-corrected chi connectivity index (χ2v) is 4.17. The molecule has 0 amide bonds. The summed E-state index contributed by atoms with van der Waals surface area (Å²) in [5, 5.41) is 0. The zero-order chi connectivity index (χ0) is 14.5. The summed E-state index contributed by atoms with van der Waals surface area (Å²) in [6.45, 7) is 0.0212. The Morgan fingerprint density at radius 1 is 1.50 bits per heavy atom. The van der Waals surface area contributed by atoms with Crippen LogP contribution in [-0.2, 0) is 23.9 Å². The van der Waals surface area contributed by atoms with Crippen LogP contribution in [0.5, 0.6) is 0 Å². The van der Waals surface area contributed by atoms with Crippen LogP contribution in [0.2, 0.25) is 0 Å². The second kappa shape index (κ2) is 6.01. The highest BCUT2D eigenvalue weighted by atomic mass is 16.5. The van der Waals surface area contributed by atoms with E-state index in [9.17, 15) is 14.4 Å². The summed E-state index contributed by atoms with van der Waals surface area (Å²) < 4.78 is 9.90. The van der Waals surface area contributed by atoms with Crippen LogP contribution in [0.4, 0.5) is 0 Å². The lowest BCUT2D eigenvalue weighted by molar-refractivity contribution is -0.140. The number of nitrogens with zero attached hydrogens (tertiary/aromatic N) is 1. The van der Waals surface area contributed by atoms with Crippen molar-refractivity contribution in [1.82, 2.24) is 4.90 Å². The third-order valence-corrected chi connectivity index (χ3v) is 2.84. The van der Waals surface area contributed by atoms with Gasteiger partial charge >= 0.3 is 5.97 Å². The first kappa shape index (κ1) is 13.8. The van der Waals surface area contributed by atoms with E-state index in [4.69, 9.17) is 4.74 Å². The molecule has 0 spiro atoms. The number of aldehydes is 1. The maximum Gasteiger partial charge on any atom is 0.325 e. The van der Waals surface area contributed by atoms with E-state index in [2.05, 4.69) is 4.74 Å². The van der Waals surface area contributed by atoms with Gasteiger partial charge in [-0.15, -0.1) is 0 Å². The predicted molar refractivity (Wildman–Crippen MR) is 68.9 cm³/mol. The normalized spacial score (nSPS) is 17.8. The molecule has 6 heteroatoms. The molecule has 0 aromatic heterocycles. The van der Waals surface area contributed by atoms with Gasteiger partial charge in [0.25, 0.3) is 0 Å². The Bertz CT molecular complexity index is 568. The second-order valence-electron chi connectivity index (χ2n) is 4.17. The minimum atomic E-state index is -0.406. The van der Waals surface area contributed by atoms with Gasteiger partial charge in [-0.2, -0.15) is 0 Å². The van der Waals surface area contributed by atoms with Crippen molar-refractivity contribution in [2.45, 2.75) is 6.42 Å². The summed E-state index contributed by atoms with van der Waals surface area (Å²) in [5.41, 5.74) is 0.899. The van der Waals surface area contributed by atoms with Crippen molar-refractivity contribution in [3.05, 3.63) is 47.7 Å². The molecule has 1 aliphatic carbocycles. The van der Waals surface area contributed by atoms with Crippen LogP contribution in [0.15, 0.2) is 47.7 Å². The van der Waals surface area contributed by atoms with Gasteiger partial charge in [0.05, 0.1) is 7.11 Å². The lowest BCUT2D eigenvalue weighted by atomic mass is 9.96. The van der Waals surface area contributed by atoms with E-state index in [1.807, 2.05) is 0 Å². The number of hydrogen-bond donors (Lipinski definition) is 0. The smallest absolute Gasteiger partial charge is 0.325 e. The zero-order valence-corrected chi connectivity index (χ0v) is 10.9. The SMILES string of the molecule is COC(=O)CN1C=COC(C2=C(C=O)C=CC(=O)C2)=C1. The minimum absolute atomic E-state index is 0.0212. The van der Waals surface area contributed by atoms with E-state index < -0.39 is 5.97 Å². The predicted octanol–water partition coefficient (Wildman–Crippen LogP) is 0.829. The Morgan fingerprint density at radius 3 is 3.00 bits per heavy atom. The molecule has 0 atom stereocenters. The molecule has 0 saturated heterocycles. The van der Waals surface area contributed by atoms with E-state index in [0.717, 1.165) is 0 Å². The average Bonchev–Trinajstić information content (AvgIpc) is 2.47. The zero-order valence-electron chi connectivity index (χ0n) is 10.9. The van der Waals surface area contributed by atoms with Crippen molar-refractivity contribution in [2.24, 2.45) is 0 Å². The van der Waals surface area contributed by atoms with E-state index in [1.165, 1.54) is 25.5 Å². The Labute approximate surface area is 115 Å². The van der Waals surface area contributed by atoms with E-state index in [-0.39, 0.29) is 18.7 Å².